The zero-order valence-corrected chi connectivity index (χ0v) is 19.6. The van der Waals surface area contributed by atoms with E-state index in [0.29, 0.717) is 17.8 Å². The van der Waals surface area contributed by atoms with Crippen LogP contribution in [0.15, 0.2) is 42.7 Å². The zero-order valence-electron chi connectivity index (χ0n) is 17.2. The number of amides is 1. The van der Waals surface area contributed by atoms with Crippen LogP contribution in [0.1, 0.15) is 23.2 Å². The Hall–Kier alpha value is -2.13. The molecule has 168 valence electrons. The van der Waals surface area contributed by atoms with E-state index in [-0.39, 0.29) is 30.7 Å². The van der Waals surface area contributed by atoms with Gasteiger partial charge in [-0.1, -0.05) is 12.1 Å². The van der Waals surface area contributed by atoms with Crippen molar-refractivity contribution in [2.24, 2.45) is 0 Å². The van der Waals surface area contributed by atoms with Gasteiger partial charge in [-0.2, -0.15) is 4.37 Å². The van der Waals surface area contributed by atoms with Crippen molar-refractivity contribution in [1.82, 2.24) is 19.6 Å². The molecule has 0 spiro atoms. The molecule has 0 aliphatic carbocycles. The quantitative estimate of drug-likeness (QED) is 0.501. The smallest absolute Gasteiger partial charge is 0.254 e. The summed E-state index contributed by atoms with van der Waals surface area (Å²) in [5.74, 6) is 0.974. The fourth-order valence-electron chi connectivity index (χ4n) is 3.64. The summed E-state index contributed by atoms with van der Waals surface area (Å²) in [6, 6.07) is 10.1. The number of fused-ring (bicyclic) bond motifs is 1. The molecule has 0 saturated carbocycles. The molecular weight excluding hydrogens is 455 g/mol. The van der Waals surface area contributed by atoms with Gasteiger partial charge >= 0.3 is 0 Å². The normalized spacial score (nSPS) is 14.0. The topological polar surface area (TPSA) is 87.4 Å². The highest BCUT2D eigenvalue weighted by Gasteiger charge is 2.20. The van der Waals surface area contributed by atoms with E-state index in [4.69, 9.17) is 5.73 Å². The lowest BCUT2D eigenvalue weighted by Crippen LogP contribution is -2.46. The van der Waals surface area contributed by atoms with E-state index in [2.05, 4.69) is 48.7 Å². The second-order valence-corrected chi connectivity index (χ2v) is 8.06. The Kier molecular flexibility index (Phi) is 9.77. The Labute approximate surface area is 199 Å². The molecule has 1 saturated heterocycles. The fourth-order valence-corrected chi connectivity index (χ4v) is 4.43. The number of halogens is 2. The molecule has 0 radical (unpaired) electrons. The first kappa shape index (κ1) is 25.1. The molecule has 10 heteroatoms. The number of carbonyl (C=O) groups is 1. The van der Waals surface area contributed by atoms with Gasteiger partial charge in [0.25, 0.3) is 5.91 Å². The second-order valence-electron chi connectivity index (χ2n) is 7.26. The third kappa shape index (κ3) is 6.20. The number of hydrogen-bond acceptors (Lipinski definition) is 7. The maximum atomic E-state index is 12.1. The Morgan fingerprint density at radius 1 is 1.10 bits per heavy atom. The molecule has 4 rings (SSSR count). The summed E-state index contributed by atoms with van der Waals surface area (Å²) in [5, 5.41) is 4.19. The number of piperazine rings is 1. The minimum absolute atomic E-state index is 0. The van der Waals surface area contributed by atoms with Gasteiger partial charge in [-0.15, -0.1) is 24.8 Å². The molecule has 2 aromatic heterocycles. The van der Waals surface area contributed by atoms with Crippen molar-refractivity contribution >= 4 is 63.8 Å². The molecule has 1 amide bonds. The summed E-state index contributed by atoms with van der Waals surface area (Å²) in [6.45, 7) is 5.80. The minimum Gasteiger partial charge on any atom is -0.398 e. The molecule has 31 heavy (non-hydrogen) atoms. The maximum Gasteiger partial charge on any atom is 0.254 e. The van der Waals surface area contributed by atoms with E-state index < -0.39 is 0 Å². The number of benzene rings is 1. The van der Waals surface area contributed by atoms with Crippen LogP contribution < -0.4 is 16.0 Å². The van der Waals surface area contributed by atoms with Gasteiger partial charge in [0.05, 0.1) is 10.3 Å². The Morgan fingerprint density at radius 2 is 1.87 bits per heavy atom. The van der Waals surface area contributed by atoms with Crippen molar-refractivity contribution in [1.29, 1.82) is 0 Å². The fraction of sp³-hybridized carbons (Fsp3) is 0.381. The van der Waals surface area contributed by atoms with E-state index in [1.807, 2.05) is 0 Å². The van der Waals surface area contributed by atoms with Gasteiger partial charge in [-0.25, -0.2) is 0 Å². The van der Waals surface area contributed by atoms with E-state index in [0.717, 1.165) is 51.4 Å². The van der Waals surface area contributed by atoms with Crippen LogP contribution in [0, 0.1) is 0 Å². The molecule has 3 heterocycles. The third-order valence-corrected chi connectivity index (χ3v) is 6.13. The predicted molar refractivity (Wildman–Crippen MR) is 133 cm³/mol. The largest absolute Gasteiger partial charge is 0.398 e. The van der Waals surface area contributed by atoms with Crippen LogP contribution in [0.25, 0.3) is 10.1 Å². The zero-order chi connectivity index (χ0) is 20.1. The number of nitrogen functional groups attached to an aromatic ring is 1. The van der Waals surface area contributed by atoms with Crippen molar-refractivity contribution < 1.29 is 4.79 Å². The Bertz CT molecular complexity index is 977. The van der Waals surface area contributed by atoms with E-state index >= 15 is 0 Å². The molecule has 0 bridgehead atoms. The molecule has 0 unspecified atom stereocenters. The van der Waals surface area contributed by atoms with Crippen molar-refractivity contribution in [3.8, 4) is 0 Å². The van der Waals surface area contributed by atoms with Gasteiger partial charge < -0.3 is 16.0 Å². The molecule has 3 aromatic rings. The van der Waals surface area contributed by atoms with Crippen molar-refractivity contribution in [3.63, 3.8) is 0 Å². The van der Waals surface area contributed by atoms with Crippen LogP contribution in [0.4, 0.5) is 11.5 Å². The molecule has 7 nitrogen and oxygen atoms in total. The molecule has 1 fully saturated rings. The Balaban J connectivity index is 0.00000171. The maximum absolute atomic E-state index is 12.1. The second kappa shape index (κ2) is 12.0. The molecule has 3 N–H and O–H groups in total. The minimum atomic E-state index is -0.153. The monoisotopic (exact) mass is 482 g/mol. The summed E-state index contributed by atoms with van der Waals surface area (Å²) in [5.41, 5.74) is 6.72. The summed E-state index contributed by atoms with van der Waals surface area (Å²) >= 11 is 1.58. The average molecular weight is 483 g/mol. The lowest BCUT2D eigenvalue weighted by Gasteiger charge is -2.35. The van der Waals surface area contributed by atoms with Gasteiger partial charge in [-0.3, -0.25) is 14.7 Å². The standard InChI is InChI=1S/C21H26N6OS.2ClH/c22-18-7-9-23-15-17(18)21(28)24-8-3-4-10-26-11-13-27(14-12-26)20-16-5-1-2-6-19(16)29-25-20;;/h1-2,5-7,9,15H,3-4,8,10-14H2,(H2,22,23)(H,24,28);2*1H. The molecule has 1 aliphatic rings. The lowest BCUT2D eigenvalue weighted by molar-refractivity contribution is 0.0953. The average Bonchev–Trinajstić information content (AvgIpc) is 3.18. The first-order valence-electron chi connectivity index (χ1n) is 10.0. The Morgan fingerprint density at radius 3 is 2.65 bits per heavy atom. The highest BCUT2D eigenvalue weighted by molar-refractivity contribution is 7.13. The number of nitrogens with two attached hydrogens (primary N) is 1. The van der Waals surface area contributed by atoms with Crippen LogP contribution in [-0.2, 0) is 0 Å². The van der Waals surface area contributed by atoms with Crippen LogP contribution in [0.3, 0.4) is 0 Å². The van der Waals surface area contributed by atoms with Gasteiger partial charge in [0.15, 0.2) is 0 Å². The van der Waals surface area contributed by atoms with Gasteiger partial charge in [0, 0.05) is 56.2 Å². The van der Waals surface area contributed by atoms with Crippen molar-refractivity contribution in [2.45, 2.75) is 12.8 Å². The number of carbonyl (C=O) groups excluding carboxylic acids is 1. The van der Waals surface area contributed by atoms with Crippen LogP contribution in [-0.4, -0.2) is 59.4 Å². The third-order valence-electron chi connectivity index (χ3n) is 5.32. The van der Waals surface area contributed by atoms with Gasteiger partial charge in [0.2, 0.25) is 0 Å². The summed E-state index contributed by atoms with van der Waals surface area (Å²) in [4.78, 5) is 21.0. The van der Waals surface area contributed by atoms with E-state index in [1.165, 1.54) is 16.3 Å². The van der Waals surface area contributed by atoms with E-state index in [1.54, 1.807) is 23.8 Å². The summed E-state index contributed by atoms with van der Waals surface area (Å²) in [6.07, 6.45) is 5.10. The molecule has 1 aromatic carbocycles. The number of aromatic nitrogens is 2. The molecule has 1 aliphatic heterocycles. The number of nitrogens with zero attached hydrogens (tertiary/aromatic N) is 4. The number of hydrogen-bond donors (Lipinski definition) is 2. The van der Waals surface area contributed by atoms with Crippen molar-refractivity contribution in [3.05, 3.63) is 48.3 Å². The number of anilines is 2. The molecular formula is C21H28Cl2N6OS. The van der Waals surface area contributed by atoms with Gasteiger partial charge in [-0.05, 0) is 49.1 Å². The SMILES string of the molecule is Cl.Cl.Nc1ccncc1C(=O)NCCCCN1CCN(c2nsc3ccccc23)CC1. The number of pyridine rings is 1. The lowest BCUT2D eigenvalue weighted by atomic mass is 10.2. The summed E-state index contributed by atoms with van der Waals surface area (Å²) < 4.78 is 5.92. The number of rotatable bonds is 7. The predicted octanol–water partition coefficient (Wildman–Crippen LogP) is 3.45. The van der Waals surface area contributed by atoms with Crippen molar-refractivity contribution in [2.75, 3.05) is 49.9 Å². The van der Waals surface area contributed by atoms with Gasteiger partial charge in [0.1, 0.15) is 5.82 Å². The number of unbranched alkanes of at least 4 members (excludes halogenated alkanes) is 1. The van der Waals surface area contributed by atoms with E-state index in [9.17, 15) is 4.79 Å². The first-order chi connectivity index (χ1) is 14.2. The van der Waals surface area contributed by atoms with Crippen LogP contribution >= 0.6 is 36.3 Å². The first-order valence-corrected chi connectivity index (χ1v) is 10.8. The molecule has 0 atom stereocenters. The summed E-state index contributed by atoms with van der Waals surface area (Å²) in [7, 11) is 0. The van der Waals surface area contributed by atoms with Crippen LogP contribution in [0.5, 0.6) is 0 Å². The highest BCUT2D eigenvalue weighted by Crippen LogP contribution is 2.29. The highest BCUT2D eigenvalue weighted by atomic mass is 35.5. The van der Waals surface area contributed by atoms with Crippen LogP contribution in [0.2, 0.25) is 0 Å². The number of nitrogens with one attached hydrogen (secondary N) is 1.